The van der Waals surface area contributed by atoms with Crippen LogP contribution < -0.4 is 4.74 Å². The Balaban J connectivity index is 1.95. The molecule has 0 bridgehead atoms. The molecule has 1 N–H and O–H groups in total. The first-order chi connectivity index (χ1) is 11.9. The molecule has 2 aromatic carbocycles. The van der Waals surface area contributed by atoms with Crippen molar-refractivity contribution in [2.45, 2.75) is 13.2 Å². The zero-order chi connectivity index (χ0) is 18.1. The number of benzene rings is 2. The van der Waals surface area contributed by atoms with Crippen LogP contribution in [0.2, 0.25) is 0 Å². The van der Waals surface area contributed by atoms with Crippen molar-refractivity contribution < 1.29 is 19.4 Å². The van der Waals surface area contributed by atoms with Crippen LogP contribution in [0, 0.1) is 0 Å². The van der Waals surface area contributed by atoms with Gasteiger partial charge in [0.25, 0.3) is 0 Å². The molecule has 25 heavy (non-hydrogen) atoms. The maximum atomic E-state index is 12.0. The second-order valence-electron chi connectivity index (χ2n) is 5.30. The molecule has 0 saturated heterocycles. The summed E-state index contributed by atoms with van der Waals surface area (Å²) >= 11 is 6.57. The van der Waals surface area contributed by atoms with Gasteiger partial charge in [-0.15, -0.1) is 5.10 Å². The molecule has 1 heterocycles. The van der Waals surface area contributed by atoms with Gasteiger partial charge in [-0.3, -0.25) is 4.79 Å². The maximum Gasteiger partial charge on any atom is 0.243 e. The van der Waals surface area contributed by atoms with Crippen LogP contribution in [0.25, 0.3) is 0 Å². The van der Waals surface area contributed by atoms with E-state index in [1.54, 1.807) is 43.5 Å². The SMILES string of the molecule is COc1ccc(C2=NN(C(C)=O)C(c3cc(Br)c(O)c(Br)c3)O2)cc1. The van der Waals surface area contributed by atoms with E-state index in [1.807, 2.05) is 0 Å². The molecule has 0 aromatic heterocycles. The van der Waals surface area contributed by atoms with E-state index < -0.39 is 6.23 Å². The first kappa shape index (κ1) is 17.8. The molecule has 0 spiro atoms. The molecule has 1 unspecified atom stereocenters. The van der Waals surface area contributed by atoms with E-state index in [0.717, 1.165) is 5.56 Å². The molecule has 0 saturated carbocycles. The number of hydrogen-bond donors (Lipinski definition) is 1. The predicted molar refractivity (Wildman–Crippen MR) is 99.4 cm³/mol. The number of amides is 1. The van der Waals surface area contributed by atoms with E-state index in [4.69, 9.17) is 9.47 Å². The van der Waals surface area contributed by atoms with Crippen molar-refractivity contribution in [3.63, 3.8) is 0 Å². The highest BCUT2D eigenvalue weighted by Crippen LogP contribution is 2.38. The van der Waals surface area contributed by atoms with Crippen LogP contribution in [-0.2, 0) is 9.53 Å². The molecule has 0 aliphatic carbocycles. The van der Waals surface area contributed by atoms with Crippen LogP contribution in [0.3, 0.4) is 0 Å². The third kappa shape index (κ3) is 3.50. The number of halogens is 2. The lowest BCUT2D eigenvalue weighted by Gasteiger charge is -2.20. The van der Waals surface area contributed by atoms with Crippen molar-refractivity contribution in [2.24, 2.45) is 5.10 Å². The average Bonchev–Trinajstić information content (AvgIpc) is 3.05. The normalized spacial score (nSPS) is 16.4. The third-order valence-electron chi connectivity index (χ3n) is 3.63. The zero-order valence-electron chi connectivity index (χ0n) is 13.4. The summed E-state index contributed by atoms with van der Waals surface area (Å²) in [6.45, 7) is 1.42. The van der Waals surface area contributed by atoms with Crippen molar-refractivity contribution in [2.75, 3.05) is 7.11 Å². The lowest BCUT2D eigenvalue weighted by molar-refractivity contribution is -0.135. The fraction of sp³-hybridized carbons (Fsp3) is 0.176. The van der Waals surface area contributed by atoms with Crippen LogP contribution in [0.4, 0.5) is 0 Å². The number of hydrogen-bond acceptors (Lipinski definition) is 5. The molecule has 1 amide bonds. The van der Waals surface area contributed by atoms with E-state index in [9.17, 15) is 9.90 Å². The van der Waals surface area contributed by atoms with Gasteiger partial charge in [-0.05, 0) is 68.3 Å². The topological polar surface area (TPSA) is 71.4 Å². The monoisotopic (exact) mass is 468 g/mol. The summed E-state index contributed by atoms with van der Waals surface area (Å²) in [5.74, 6) is 0.873. The van der Waals surface area contributed by atoms with Gasteiger partial charge in [-0.1, -0.05) is 0 Å². The minimum atomic E-state index is -0.720. The molecule has 1 atom stereocenters. The van der Waals surface area contributed by atoms with Gasteiger partial charge in [0, 0.05) is 18.1 Å². The number of rotatable bonds is 3. The van der Waals surface area contributed by atoms with Gasteiger partial charge in [0.15, 0.2) is 0 Å². The van der Waals surface area contributed by atoms with E-state index in [2.05, 4.69) is 37.0 Å². The minimum absolute atomic E-state index is 0.0763. The fourth-order valence-corrected chi connectivity index (χ4v) is 3.58. The summed E-state index contributed by atoms with van der Waals surface area (Å²) in [6, 6.07) is 10.6. The average molecular weight is 470 g/mol. The highest BCUT2D eigenvalue weighted by atomic mass is 79.9. The lowest BCUT2D eigenvalue weighted by Crippen LogP contribution is -2.25. The van der Waals surface area contributed by atoms with Crippen molar-refractivity contribution in [1.82, 2.24) is 5.01 Å². The Hall–Kier alpha value is -2.06. The Labute approximate surface area is 161 Å². The summed E-state index contributed by atoms with van der Waals surface area (Å²) in [6.07, 6.45) is -0.720. The minimum Gasteiger partial charge on any atom is -0.506 e. The second-order valence-corrected chi connectivity index (χ2v) is 7.01. The number of nitrogens with zero attached hydrogens (tertiary/aromatic N) is 2. The summed E-state index contributed by atoms with van der Waals surface area (Å²) in [7, 11) is 1.59. The van der Waals surface area contributed by atoms with Crippen LogP contribution in [0.1, 0.15) is 24.3 Å². The number of aromatic hydroxyl groups is 1. The van der Waals surface area contributed by atoms with Gasteiger partial charge in [-0.2, -0.15) is 5.01 Å². The molecule has 2 aromatic rings. The Morgan fingerprint density at radius 1 is 1.24 bits per heavy atom. The lowest BCUT2D eigenvalue weighted by atomic mass is 10.2. The number of ether oxygens (including phenoxy) is 2. The largest absolute Gasteiger partial charge is 0.506 e. The first-order valence-corrected chi connectivity index (χ1v) is 8.86. The van der Waals surface area contributed by atoms with E-state index >= 15 is 0 Å². The molecular weight excluding hydrogens is 456 g/mol. The number of hydrazone groups is 1. The molecule has 1 aliphatic heterocycles. The standard InChI is InChI=1S/C17H14Br2N2O4/c1-9(22)21-17(11-7-13(18)15(23)14(19)8-11)25-16(20-21)10-3-5-12(24-2)6-4-10/h3-8,17,23H,1-2H3. The van der Waals surface area contributed by atoms with Crippen molar-refractivity contribution in [1.29, 1.82) is 0 Å². The second kappa shape index (κ2) is 7.05. The molecule has 0 fully saturated rings. The Morgan fingerprint density at radius 3 is 2.36 bits per heavy atom. The first-order valence-electron chi connectivity index (χ1n) is 7.28. The summed E-state index contributed by atoms with van der Waals surface area (Å²) < 4.78 is 12.0. The Kier molecular flexibility index (Phi) is 5.01. The molecule has 130 valence electrons. The van der Waals surface area contributed by atoms with Gasteiger partial charge in [-0.25, -0.2) is 0 Å². The Morgan fingerprint density at radius 2 is 1.84 bits per heavy atom. The van der Waals surface area contributed by atoms with E-state index in [1.165, 1.54) is 11.9 Å². The van der Waals surface area contributed by atoms with Crippen LogP contribution in [-0.4, -0.2) is 29.0 Å². The van der Waals surface area contributed by atoms with E-state index in [-0.39, 0.29) is 11.7 Å². The van der Waals surface area contributed by atoms with Crippen molar-refractivity contribution in [3.8, 4) is 11.5 Å². The van der Waals surface area contributed by atoms with Gasteiger partial charge >= 0.3 is 0 Å². The quantitative estimate of drug-likeness (QED) is 0.732. The molecule has 3 rings (SSSR count). The Bertz CT molecular complexity index is 829. The van der Waals surface area contributed by atoms with Crippen LogP contribution in [0.5, 0.6) is 11.5 Å². The number of methoxy groups -OCH3 is 1. The third-order valence-corrected chi connectivity index (χ3v) is 4.84. The number of phenolic OH excluding ortho intramolecular Hbond substituents is 1. The zero-order valence-corrected chi connectivity index (χ0v) is 16.5. The molecule has 1 aliphatic rings. The molecular formula is C17H14Br2N2O4. The molecule has 6 nitrogen and oxygen atoms in total. The van der Waals surface area contributed by atoms with Crippen LogP contribution in [0.15, 0.2) is 50.4 Å². The van der Waals surface area contributed by atoms with Gasteiger partial charge < -0.3 is 14.6 Å². The highest BCUT2D eigenvalue weighted by Gasteiger charge is 2.33. The summed E-state index contributed by atoms with van der Waals surface area (Å²) in [5.41, 5.74) is 1.39. The van der Waals surface area contributed by atoms with Crippen LogP contribution >= 0.6 is 31.9 Å². The molecule has 0 radical (unpaired) electrons. The molecule has 8 heteroatoms. The summed E-state index contributed by atoms with van der Waals surface area (Å²) in [5, 5.41) is 15.4. The number of carbonyl (C=O) groups excluding carboxylic acids is 1. The summed E-state index contributed by atoms with van der Waals surface area (Å²) in [4.78, 5) is 12.0. The van der Waals surface area contributed by atoms with Crippen molar-refractivity contribution in [3.05, 3.63) is 56.5 Å². The maximum absolute atomic E-state index is 12.0. The number of phenols is 1. The van der Waals surface area contributed by atoms with Crippen molar-refractivity contribution >= 4 is 43.7 Å². The fourth-order valence-electron chi connectivity index (χ4n) is 2.36. The smallest absolute Gasteiger partial charge is 0.243 e. The highest BCUT2D eigenvalue weighted by molar-refractivity contribution is 9.11. The predicted octanol–water partition coefficient (Wildman–Crippen LogP) is 4.16. The van der Waals surface area contributed by atoms with Gasteiger partial charge in [0.05, 0.1) is 16.1 Å². The van der Waals surface area contributed by atoms with E-state index in [0.29, 0.717) is 26.2 Å². The van der Waals surface area contributed by atoms with Gasteiger partial charge in [0.1, 0.15) is 11.5 Å². The number of carbonyl (C=O) groups is 1. The van der Waals surface area contributed by atoms with Gasteiger partial charge in [0.2, 0.25) is 18.0 Å².